The Morgan fingerprint density at radius 2 is 2.13 bits per heavy atom. The number of carbonyl (C=O) groups excluding carboxylic acids is 1. The zero-order chi connectivity index (χ0) is 10.9. The predicted molar refractivity (Wildman–Crippen MR) is 58.4 cm³/mol. The summed E-state index contributed by atoms with van der Waals surface area (Å²) in [6.45, 7) is 3.43. The molecule has 2 aliphatic rings. The van der Waals surface area contributed by atoms with Crippen molar-refractivity contribution in [2.75, 3.05) is 13.1 Å². The van der Waals surface area contributed by atoms with E-state index in [1.54, 1.807) is 0 Å². The Kier molecular flexibility index (Phi) is 3.01. The van der Waals surface area contributed by atoms with Crippen molar-refractivity contribution < 1.29 is 9.90 Å². The first kappa shape index (κ1) is 10.9. The second-order valence-electron chi connectivity index (χ2n) is 5.03. The summed E-state index contributed by atoms with van der Waals surface area (Å²) in [6.07, 6.45) is 5.91. The molecule has 86 valence electrons. The smallest absolute Gasteiger partial charge is 0.228 e. The molecule has 1 aliphatic heterocycles. The molecule has 0 aromatic heterocycles. The Hall–Kier alpha value is -0.570. The van der Waals surface area contributed by atoms with Crippen molar-refractivity contribution in [3.05, 3.63) is 0 Å². The van der Waals surface area contributed by atoms with Gasteiger partial charge < -0.3 is 10.0 Å². The average molecular weight is 211 g/mol. The van der Waals surface area contributed by atoms with Gasteiger partial charge in [0.1, 0.15) is 0 Å². The second kappa shape index (κ2) is 4.12. The molecule has 1 unspecified atom stereocenters. The van der Waals surface area contributed by atoms with Crippen LogP contribution in [0.4, 0.5) is 0 Å². The molecule has 1 saturated heterocycles. The van der Waals surface area contributed by atoms with Crippen LogP contribution in [0.1, 0.15) is 45.4 Å². The molecule has 3 heteroatoms. The number of β-amino-alcohol motifs (C(OH)–C–C–N with tert-alkyl or cyclic N) is 1. The molecule has 0 radical (unpaired) electrons. The molecule has 1 aliphatic carbocycles. The lowest BCUT2D eigenvalue weighted by Gasteiger charge is -2.31. The van der Waals surface area contributed by atoms with E-state index in [1.807, 2.05) is 4.90 Å². The lowest BCUT2D eigenvalue weighted by Crippen LogP contribution is -2.41. The molecule has 1 saturated carbocycles. The van der Waals surface area contributed by atoms with Crippen molar-refractivity contribution in [2.24, 2.45) is 5.41 Å². The maximum atomic E-state index is 12.4. The van der Waals surface area contributed by atoms with Gasteiger partial charge in [0.05, 0.1) is 6.10 Å². The summed E-state index contributed by atoms with van der Waals surface area (Å²) >= 11 is 0. The fraction of sp³-hybridized carbons (Fsp3) is 0.917. The maximum Gasteiger partial charge on any atom is 0.228 e. The van der Waals surface area contributed by atoms with Crippen LogP contribution in [0.2, 0.25) is 0 Å². The van der Waals surface area contributed by atoms with Gasteiger partial charge in [-0.15, -0.1) is 0 Å². The van der Waals surface area contributed by atoms with E-state index >= 15 is 0 Å². The molecular formula is C12H21NO2. The van der Waals surface area contributed by atoms with Gasteiger partial charge in [0.25, 0.3) is 0 Å². The van der Waals surface area contributed by atoms with E-state index in [0.717, 1.165) is 32.2 Å². The van der Waals surface area contributed by atoms with Crippen molar-refractivity contribution >= 4 is 5.91 Å². The van der Waals surface area contributed by atoms with Gasteiger partial charge in [-0.3, -0.25) is 4.79 Å². The van der Waals surface area contributed by atoms with Gasteiger partial charge in [-0.2, -0.15) is 0 Å². The quantitative estimate of drug-likeness (QED) is 0.753. The van der Waals surface area contributed by atoms with Gasteiger partial charge in [0, 0.05) is 18.5 Å². The molecule has 1 N–H and O–H groups in total. The van der Waals surface area contributed by atoms with E-state index < -0.39 is 0 Å². The highest BCUT2D eigenvalue weighted by molar-refractivity contribution is 5.83. The minimum atomic E-state index is -0.288. The third-order valence-corrected chi connectivity index (χ3v) is 4.14. The van der Waals surface area contributed by atoms with Gasteiger partial charge in [-0.1, -0.05) is 19.8 Å². The highest BCUT2D eigenvalue weighted by Crippen LogP contribution is 2.42. The molecule has 0 spiro atoms. The van der Waals surface area contributed by atoms with Gasteiger partial charge in [-0.05, 0) is 25.7 Å². The van der Waals surface area contributed by atoms with Crippen LogP contribution in [0.3, 0.4) is 0 Å². The SMILES string of the molecule is CCC1(C(=O)N2CCC(O)C2)CCCC1. The Balaban J connectivity index is 2.05. The molecule has 2 rings (SSSR count). The molecule has 0 aromatic carbocycles. The molecule has 15 heavy (non-hydrogen) atoms. The van der Waals surface area contributed by atoms with Crippen LogP contribution in [-0.2, 0) is 4.79 Å². The topological polar surface area (TPSA) is 40.5 Å². The van der Waals surface area contributed by atoms with Crippen LogP contribution >= 0.6 is 0 Å². The summed E-state index contributed by atoms with van der Waals surface area (Å²) in [5.74, 6) is 0.305. The highest BCUT2D eigenvalue weighted by atomic mass is 16.3. The van der Waals surface area contributed by atoms with Crippen LogP contribution in [-0.4, -0.2) is 35.1 Å². The molecule has 1 heterocycles. The van der Waals surface area contributed by atoms with E-state index in [2.05, 4.69) is 6.92 Å². The third kappa shape index (κ3) is 1.89. The van der Waals surface area contributed by atoms with Crippen molar-refractivity contribution in [3.8, 4) is 0 Å². The number of amides is 1. The first-order valence-electron chi connectivity index (χ1n) is 6.15. The lowest BCUT2D eigenvalue weighted by molar-refractivity contribution is -0.141. The van der Waals surface area contributed by atoms with E-state index in [0.29, 0.717) is 12.5 Å². The van der Waals surface area contributed by atoms with Crippen LogP contribution in [0.25, 0.3) is 0 Å². The summed E-state index contributed by atoms with van der Waals surface area (Å²) in [7, 11) is 0. The third-order valence-electron chi connectivity index (χ3n) is 4.14. The highest BCUT2D eigenvalue weighted by Gasteiger charge is 2.43. The monoisotopic (exact) mass is 211 g/mol. The van der Waals surface area contributed by atoms with Crippen molar-refractivity contribution in [1.29, 1.82) is 0 Å². The molecule has 3 nitrogen and oxygen atoms in total. The lowest BCUT2D eigenvalue weighted by atomic mass is 9.82. The van der Waals surface area contributed by atoms with Gasteiger partial charge in [0.15, 0.2) is 0 Å². The number of nitrogens with zero attached hydrogens (tertiary/aromatic N) is 1. The van der Waals surface area contributed by atoms with Gasteiger partial charge in [-0.25, -0.2) is 0 Å². The predicted octanol–water partition coefficient (Wildman–Crippen LogP) is 1.55. The average Bonchev–Trinajstić information content (AvgIpc) is 2.86. The van der Waals surface area contributed by atoms with E-state index in [9.17, 15) is 9.90 Å². The molecular weight excluding hydrogens is 190 g/mol. The molecule has 2 fully saturated rings. The van der Waals surface area contributed by atoms with Gasteiger partial charge >= 0.3 is 0 Å². The Labute approximate surface area is 91.5 Å². The van der Waals surface area contributed by atoms with Gasteiger partial charge in [0.2, 0.25) is 5.91 Å². The first-order valence-corrected chi connectivity index (χ1v) is 6.15. The molecule has 0 aromatic rings. The van der Waals surface area contributed by atoms with Crippen LogP contribution in [0.15, 0.2) is 0 Å². The number of hydrogen-bond donors (Lipinski definition) is 1. The molecule has 1 amide bonds. The number of carbonyl (C=O) groups is 1. The second-order valence-corrected chi connectivity index (χ2v) is 5.03. The molecule has 0 bridgehead atoms. The van der Waals surface area contributed by atoms with Crippen molar-refractivity contribution in [1.82, 2.24) is 4.90 Å². The summed E-state index contributed by atoms with van der Waals surface area (Å²) < 4.78 is 0. The minimum absolute atomic E-state index is 0.0793. The van der Waals surface area contributed by atoms with Crippen LogP contribution in [0.5, 0.6) is 0 Å². The summed E-state index contributed by atoms with van der Waals surface area (Å²) in [5, 5.41) is 9.45. The Morgan fingerprint density at radius 3 is 2.60 bits per heavy atom. The molecule has 1 atom stereocenters. The first-order chi connectivity index (χ1) is 7.18. The zero-order valence-electron chi connectivity index (χ0n) is 9.54. The van der Waals surface area contributed by atoms with E-state index in [-0.39, 0.29) is 11.5 Å². The number of hydrogen-bond acceptors (Lipinski definition) is 2. The Morgan fingerprint density at radius 1 is 1.47 bits per heavy atom. The van der Waals surface area contributed by atoms with Crippen molar-refractivity contribution in [2.45, 2.75) is 51.6 Å². The van der Waals surface area contributed by atoms with Crippen LogP contribution in [0, 0.1) is 5.41 Å². The fourth-order valence-corrected chi connectivity index (χ4v) is 3.03. The maximum absolute atomic E-state index is 12.4. The van der Waals surface area contributed by atoms with Crippen LogP contribution < -0.4 is 0 Å². The number of likely N-dealkylation sites (tertiary alicyclic amines) is 1. The Bertz CT molecular complexity index is 246. The summed E-state index contributed by atoms with van der Waals surface area (Å²) in [6, 6.07) is 0. The normalized spacial score (nSPS) is 29.7. The number of rotatable bonds is 2. The standard InChI is InChI=1S/C12H21NO2/c1-2-12(6-3-4-7-12)11(15)13-8-5-10(14)9-13/h10,14H,2-9H2,1H3. The van der Waals surface area contributed by atoms with Crippen molar-refractivity contribution in [3.63, 3.8) is 0 Å². The van der Waals surface area contributed by atoms with E-state index in [4.69, 9.17) is 0 Å². The summed E-state index contributed by atoms with van der Waals surface area (Å²) in [4.78, 5) is 14.2. The largest absolute Gasteiger partial charge is 0.391 e. The summed E-state index contributed by atoms with van der Waals surface area (Å²) in [5.41, 5.74) is -0.0793. The zero-order valence-corrected chi connectivity index (χ0v) is 9.54. The number of aliphatic hydroxyl groups excluding tert-OH is 1. The minimum Gasteiger partial charge on any atom is -0.391 e. The fourth-order valence-electron chi connectivity index (χ4n) is 3.03. The van der Waals surface area contributed by atoms with E-state index in [1.165, 1.54) is 12.8 Å². The number of aliphatic hydroxyl groups is 1.